The third kappa shape index (κ3) is 6.25. The van der Waals surface area contributed by atoms with E-state index in [2.05, 4.69) is 31.4 Å². The zero-order valence-electron chi connectivity index (χ0n) is 21.1. The van der Waals surface area contributed by atoms with Gasteiger partial charge in [-0.1, -0.05) is 38.4 Å². The molecule has 1 atom stereocenters. The van der Waals surface area contributed by atoms with Crippen LogP contribution in [-0.2, 0) is 10.0 Å². The first-order chi connectivity index (χ1) is 17.8. The molecule has 0 aliphatic carbocycles. The van der Waals surface area contributed by atoms with Crippen LogP contribution >= 0.6 is 11.6 Å². The fraction of sp³-hybridized carbons (Fsp3) is 0.296. The Hall–Kier alpha value is -3.21. The molecule has 3 aromatic rings. The lowest BCUT2D eigenvalue weighted by Crippen LogP contribution is -2.48. The number of carbonyl (C=O) groups is 1. The van der Waals surface area contributed by atoms with Crippen molar-refractivity contribution in [1.29, 1.82) is 0 Å². The van der Waals surface area contributed by atoms with Gasteiger partial charge < -0.3 is 15.4 Å². The van der Waals surface area contributed by atoms with Gasteiger partial charge in [-0.25, -0.2) is 17.2 Å². The summed E-state index contributed by atoms with van der Waals surface area (Å²) in [5.74, 6) is -1.86. The number of nitrogens with one attached hydrogen (secondary N) is 2. The summed E-state index contributed by atoms with van der Waals surface area (Å²) >= 11 is 6.01. The number of nitrogens with zero attached hydrogens (tertiary/aromatic N) is 1. The number of hydrogen-bond donors (Lipinski definition) is 2. The molecule has 0 radical (unpaired) electrons. The molecular formula is C27H28ClF2N3O4S. The Labute approximate surface area is 225 Å². The van der Waals surface area contributed by atoms with Crippen LogP contribution in [0.5, 0.6) is 5.75 Å². The lowest BCUT2D eigenvalue weighted by molar-refractivity contribution is 0.102. The Morgan fingerprint density at radius 3 is 2.47 bits per heavy atom. The van der Waals surface area contributed by atoms with E-state index in [4.69, 9.17) is 16.3 Å². The molecule has 11 heteroatoms. The monoisotopic (exact) mass is 563 g/mol. The van der Waals surface area contributed by atoms with E-state index in [-0.39, 0.29) is 44.6 Å². The smallest absolute Gasteiger partial charge is 0.264 e. The Balaban J connectivity index is 1.67. The lowest BCUT2D eigenvalue weighted by Gasteiger charge is -2.36. The number of fused-ring (bicyclic) bond motifs is 1. The first-order valence-corrected chi connectivity index (χ1v) is 13.7. The number of carbonyl (C=O) groups excluding carboxylic acids is 1. The van der Waals surface area contributed by atoms with Gasteiger partial charge in [-0.15, -0.1) is 0 Å². The minimum Gasteiger partial charge on any atom is -0.485 e. The Bertz CT molecular complexity index is 1420. The number of anilines is 2. The Morgan fingerprint density at radius 2 is 1.82 bits per heavy atom. The van der Waals surface area contributed by atoms with Gasteiger partial charge in [-0.05, 0) is 60.0 Å². The molecule has 1 aliphatic rings. The van der Waals surface area contributed by atoms with Crippen LogP contribution in [0.15, 0.2) is 65.6 Å². The van der Waals surface area contributed by atoms with Crippen molar-refractivity contribution in [2.24, 2.45) is 5.41 Å². The quantitative estimate of drug-likeness (QED) is 0.398. The van der Waals surface area contributed by atoms with Gasteiger partial charge in [0.05, 0.1) is 27.7 Å². The maximum absolute atomic E-state index is 14.2. The van der Waals surface area contributed by atoms with Gasteiger partial charge in [0.1, 0.15) is 23.5 Å². The van der Waals surface area contributed by atoms with Crippen LogP contribution in [0.2, 0.25) is 5.02 Å². The van der Waals surface area contributed by atoms with Gasteiger partial charge in [-0.2, -0.15) is 0 Å². The highest BCUT2D eigenvalue weighted by atomic mass is 35.5. The summed E-state index contributed by atoms with van der Waals surface area (Å²) in [5.41, 5.74) is 0.0729. The molecule has 1 heterocycles. The van der Waals surface area contributed by atoms with Crippen molar-refractivity contribution in [2.75, 3.05) is 29.3 Å². The van der Waals surface area contributed by atoms with Crippen molar-refractivity contribution in [3.8, 4) is 5.75 Å². The van der Waals surface area contributed by atoms with Gasteiger partial charge in [0, 0.05) is 18.8 Å². The van der Waals surface area contributed by atoms with Crippen molar-refractivity contribution in [1.82, 2.24) is 5.32 Å². The van der Waals surface area contributed by atoms with Gasteiger partial charge in [-0.3, -0.25) is 9.10 Å². The summed E-state index contributed by atoms with van der Waals surface area (Å²) in [4.78, 5) is 12.7. The van der Waals surface area contributed by atoms with E-state index in [9.17, 15) is 22.0 Å². The van der Waals surface area contributed by atoms with E-state index < -0.39 is 33.7 Å². The first kappa shape index (κ1) is 27.8. The summed E-state index contributed by atoms with van der Waals surface area (Å²) < 4.78 is 62.3. The minimum absolute atomic E-state index is 0.0146. The molecule has 0 bridgehead atoms. The second-order valence-electron chi connectivity index (χ2n) is 10.2. The number of ether oxygens (including phenoxy) is 1. The fourth-order valence-electron chi connectivity index (χ4n) is 3.97. The van der Waals surface area contributed by atoms with E-state index in [1.54, 1.807) is 0 Å². The highest BCUT2D eigenvalue weighted by Gasteiger charge is 2.35. The van der Waals surface area contributed by atoms with Crippen LogP contribution in [0.25, 0.3) is 0 Å². The maximum Gasteiger partial charge on any atom is 0.264 e. The van der Waals surface area contributed by atoms with Gasteiger partial charge in [0.15, 0.2) is 0 Å². The Kier molecular flexibility index (Phi) is 7.96. The highest BCUT2D eigenvalue weighted by Crippen LogP contribution is 2.39. The second-order valence-corrected chi connectivity index (χ2v) is 12.4. The summed E-state index contributed by atoms with van der Waals surface area (Å²) in [6, 6.07) is 12.9. The van der Waals surface area contributed by atoms with Crippen LogP contribution in [0.3, 0.4) is 0 Å². The molecule has 1 amide bonds. The molecule has 0 saturated carbocycles. The van der Waals surface area contributed by atoms with E-state index in [1.165, 1.54) is 46.8 Å². The first-order valence-electron chi connectivity index (χ1n) is 11.9. The molecule has 202 valence electrons. The third-order valence-electron chi connectivity index (χ3n) is 5.77. The van der Waals surface area contributed by atoms with Crippen molar-refractivity contribution in [3.05, 3.63) is 82.9 Å². The number of benzene rings is 3. The van der Waals surface area contributed by atoms with Gasteiger partial charge >= 0.3 is 0 Å². The number of rotatable bonds is 7. The molecule has 0 spiro atoms. The topological polar surface area (TPSA) is 87.7 Å². The summed E-state index contributed by atoms with van der Waals surface area (Å²) in [5, 5.41) is 5.82. The summed E-state index contributed by atoms with van der Waals surface area (Å²) in [6.07, 6.45) is -0.516. The summed E-state index contributed by atoms with van der Waals surface area (Å²) in [7, 11) is -4.12. The van der Waals surface area contributed by atoms with Crippen LogP contribution in [0, 0.1) is 17.0 Å². The summed E-state index contributed by atoms with van der Waals surface area (Å²) in [6.45, 7) is 7.27. The highest BCUT2D eigenvalue weighted by molar-refractivity contribution is 7.92. The van der Waals surface area contributed by atoms with Gasteiger partial charge in [0.25, 0.3) is 15.9 Å². The molecule has 3 aromatic carbocycles. The van der Waals surface area contributed by atoms with Crippen molar-refractivity contribution < 1.29 is 26.7 Å². The van der Waals surface area contributed by atoms with E-state index >= 15 is 0 Å². The fourth-order valence-corrected chi connectivity index (χ4v) is 5.72. The molecule has 0 saturated heterocycles. The molecule has 2 N–H and O–H groups in total. The normalized spacial score (nSPS) is 15.5. The minimum atomic E-state index is -4.12. The van der Waals surface area contributed by atoms with Crippen molar-refractivity contribution >= 4 is 38.9 Å². The molecular weight excluding hydrogens is 536 g/mol. The molecule has 0 aromatic heterocycles. The number of halogens is 3. The van der Waals surface area contributed by atoms with E-state index in [0.717, 1.165) is 18.2 Å². The van der Waals surface area contributed by atoms with Crippen LogP contribution < -0.4 is 19.7 Å². The zero-order valence-corrected chi connectivity index (χ0v) is 22.7. The van der Waals surface area contributed by atoms with E-state index in [1.807, 2.05) is 0 Å². The molecule has 1 aliphatic heterocycles. The Morgan fingerprint density at radius 1 is 1.11 bits per heavy atom. The largest absolute Gasteiger partial charge is 0.485 e. The molecule has 0 fully saturated rings. The molecule has 7 nitrogen and oxygen atoms in total. The van der Waals surface area contributed by atoms with Crippen LogP contribution in [0.1, 0.15) is 31.1 Å². The number of hydrogen-bond acceptors (Lipinski definition) is 5. The number of sulfonamides is 1. The van der Waals surface area contributed by atoms with Crippen LogP contribution in [-0.4, -0.2) is 40.1 Å². The third-order valence-corrected chi connectivity index (χ3v) is 7.88. The SMILES string of the molecule is CC(C)(C)CNCC1CN(S(=O)(=O)c2ccc(F)cc2)c2cc(NC(=O)c3c(F)cccc3Cl)ccc2O1. The zero-order chi connectivity index (χ0) is 27.7. The standard InChI is InChI=1S/C27H28ClF2N3O4S/c1-27(2,3)16-31-14-19-15-33(38(35,36)20-10-7-17(29)8-11-20)23-13-18(9-12-24(23)37-19)32-26(34)25-21(28)5-4-6-22(25)30/h4-13,19,31H,14-16H2,1-3H3,(H,32,34). The van der Waals surface area contributed by atoms with Gasteiger partial charge in [0.2, 0.25) is 0 Å². The van der Waals surface area contributed by atoms with E-state index in [0.29, 0.717) is 13.1 Å². The van der Waals surface area contributed by atoms with Crippen LogP contribution in [0.4, 0.5) is 20.2 Å². The molecule has 38 heavy (non-hydrogen) atoms. The average Bonchev–Trinajstić information content (AvgIpc) is 2.83. The molecule has 1 unspecified atom stereocenters. The molecule has 4 rings (SSSR count). The predicted octanol–water partition coefficient (Wildman–Crippen LogP) is 5.46. The average molecular weight is 564 g/mol. The number of amides is 1. The predicted molar refractivity (Wildman–Crippen MR) is 143 cm³/mol. The second kappa shape index (κ2) is 10.9. The lowest BCUT2D eigenvalue weighted by atomic mass is 9.97. The maximum atomic E-state index is 14.2. The van der Waals surface area contributed by atoms with Crippen molar-refractivity contribution in [2.45, 2.75) is 31.8 Å². The van der Waals surface area contributed by atoms with Crippen molar-refractivity contribution in [3.63, 3.8) is 0 Å².